The molecular formula is C17H20FNO3S. The van der Waals surface area contributed by atoms with Gasteiger partial charge in [0.1, 0.15) is 5.82 Å². The molecular weight excluding hydrogens is 317 g/mol. The Labute approximate surface area is 136 Å². The van der Waals surface area contributed by atoms with Crippen LogP contribution in [0.5, 0.6) is 0 Å². The molecule has 2 unspecified atom stereocenters. The Morgan fingerprint density at radius 2 is 1.70 bits per heavy atom. The molecule has 0 saturated heterocycles. The second-order valence-electron chi connectivity index (χ2n) is 5.50. The number of aliphatic hydroxyl groups excluding tert-OH is 1. The van der Waals surface area contributed by atoms with Crippen molar-refractivity contribution in [2.24, 2.45) is 0 Å². The van der Waals surface area contributed by atoms with E-state index in [1.54, 1.807) is 6.92 Å². The van der Waals surface area contributed by atoms with E-state index in [2.05, 4.69) is 4.72 Å². The zero-order valence-corrected chi connectivity index (χ0v) is 13.6. The number of benzene rings is 2. The number of halogens is 1. The van der Waals surface area contributed by atoms with Crippen molar-refractivity contribution in [1.82, 2.24) is 4.72 Å². The molecule has 4 nitrogen and oxygen atoms in total. The summed E-state index contributed by atoms with van der Waals surface area (Å²) in [5.41, 5.74) is 0.954. The van der Waals surface area contributed by atoms with E-state index in [0.717, 1.165) is 17.7 Å². The summed E-state index contributed by atoms with van der Waals surface area (Å²) in [7, 11) is -3.71. The zero-order valence-electron chi connectivity index (χ0n) is 12.8. The van der Waals surface area contributed by atoms with E-state index in [0.29, 0.717) is 6.42 Å². The van der Waals surface area contributed by atoms with Crippen LogP contribution in [0.15, 0.2) is 59.5 Å². The van der Waals surface area contributed by atoms with E-state index in [4.69, 9.17) is 0 Å². The Kier molecular flexibility index (Phi) is 5.87. The van der Waals surface area contributed by atoms with Crippen LogP contribution in [0.2, 0.25) is 0 Å². The lowest BCUT2D eigenvalue weighted by molar-refractivity contribution is 0.174. The lowest BCUT2D eigenvalue weighted by Gasteiger charge is -2.19. The van der Waals surface area contributed by atoms with Crippen LogP contribution >= 0.6 is 0 Å². The summed E-state index contributed by atoms with van der Waals surface area (Å²) in [5, 5.41) is 9.64. The molecule has 2 atom stereocenters. The highest BCUT2D eigenvalue weighted by Crippen LogP contribution is 2.21. The quantitative estimate of drug-likeness (QED) is 0.816. The van der Waals surface area contributed by atoms with Gasteiger partial charge in [0.05, 0.1) is 11.0 Å². The second-order valence-corrected chi connectivity index (χ2v) is 7.27. The van der Waals surface area contributed by atoms with E-state index in [1.807, 2.05) is 30.3 Å². The van der Waals surface area contributed by atoms with E-state index in [9.17, 15) is 17.9 Å². The molecule has 0 radical (unpaired) electrons. The SMILES string of the molecule is CC(O)CC(CNS(=O)(=O)c1ccc(F)cc1)c1ccccc1. The Hall–Kier alpha value is -1.76. The summed E-state index contributed by atoms with van der Waals surface area (Å²) >= 11 is 0. The van der Waals surface area contributed by atoms with E-state index >= 15 is 0 Å². The minimum absolute atomic E-state index is 0.0164. The molecule has 0 aromatic heterocycles. The van der Waals surface area contributed by atoms with E-state index in [1.165, 1.54) is 12.1 Å². The molecule has 2 aromatic rings. The van der Waals surface area contributed by atoms with E-state index in [-0.39, 0.29) is 17.4 Å². The Bertz CT molecular complexity index is 715. The standard InChI is InChI=1S/C17H20FNO3S/c1-13(20)11-15(14-5-3-2-4-6-14)12-19-23(21,22)17-9-7-16(18)8-10-17/h2-10,13,15,19-20H,11-12H2,1H3. The lowest BCUT2D eigenvalue weighted by atomic mass is 9.94. The normalized spacial score (nSPS) is 14.4. The maximum Gasteiger partial charge on any atom is 0.240 e. The Morgan fingerprint density at radius 3 is 2.26 bits per heavy atom. The van der Waals surface area contributed by atoms with Gasteiger partial charge in [-0.1, -0.05) is 30.3 Å². The number of aliphatic hydroxyl groups is 1. The van der Waals surface area contributed by atoms with Crippen molar-refractivity contribution < 1.29 is 17.9 Å². The van der Waals surface area contributed by atoms with Gasteiger partial charge in [0, 0.05) is 6.54 Å². The summed E-state index contributed by atoms with van der Waals surface area (Å²) in [6, 6.07) is 14.1. The van der Waals surface area contributed by atoms with Crippen LogP contribution in [0.3, 0.4) is 0 Å². The zero-order chi connectivity index (χ0) is 16.9. The van der Waals surface area contributed by atoms with Crippen molar-refractivity contribution in [2.75, 3.05) is 6.54 Å². The average molecular weight is 337 g/mol. The van der Waals surface area contributed by atoms with Gasteiger partial charge in [0.15, 0.2) is 0 Å². The number of hydrogen-bond donors (Lipinski definition) is 2. The summed E-state index contributed by atoms with van der Waals surface area (Å²) < 4.78 is 40.0. The van der Waals surface area contributed by atoms with Gasteiger partial charge < -0.3 is 5.11 Å². The van der Waals surface area contributed by atoms with Gasteiger partial charge in [0.25, 0.3) is 0 Å². The van der Waals surface area contributed by atoms with Gasteiger partial charge in [-0.05, 0) is 49.1 Å². The number of sulfonamides is 1. The molecule has 124 valence electrons. The lowest BCUT2D eigenvalue weighted by Crippen LogP contribution is -2.29. The van der Waals surface area contributed by atoms with Gasteiger partial charge in [0.2, 0.25) is 10.0 Å². The molecule has 2 rings (SSSR count). The van der Waals surface area contributed by atoms with Gasteiger partial charge in [-0.25, -0.2) is 17.5 Å². The topological polar surface area (TPSA) is 66.4 Å². The van der Waals surface area contributed by atoms with Crippen molar-refractivity contribution in [3.8, 4) is 0 Å². The predicted molar refractivity (Wildman–Crippen MR) is 87.1 cm³/mol. The van der Waals surface area contributed by atoms with Gasteiger partial charge >= 0.3 is 0 Å². The van der Waals surface area contributed by atoms with Crippen molar-refractivity contribution >= 4 is 10.0 Å². The van der Waals surface area contributed by atoms with Crippen LogP contribution in [0.4, 0.5) is 4.39 Å². The maximum atomic E-state index is 12.9. The largest absolute Gasteiger partial charge is 0.393 e. The first-order valence-corrected chi connectivity index (χ1v) is 8.85. The fraction of sp³-hybridized carbons (Fsp3) is 0.294. The molecule has 0 aliphatic heterocycles. The van der Waals surface area contributed by atoms with Crippen LogP contribution in [0, 0.1) is 5.82 Å². The van der Waals surface area contributed by atoms with Crippen LogP contribution in [-0.4, -0.2) is 26.2 Å². The van der Waals surface area contributed by atoms with Crippen LogP contribution < -0.4 is 4.72 Å². The van der Waals surface area contributed by atoms with Crippen molar-refractivity contribution in [1.29, 1.82) is 0 Å². The third-order valence-corrected chi connectivity index (χ3v) is 4.98. The number of nitrogens with one attached hydrogen (secondary N) is 1. The Balaban J connectivity index is 2.12. The van der Waals surface area contributed by atoms with Crippen molar-refractivity contribution in [3.63, 3.8) is 0 Å². The average Bonchev–Trinajstić information content (AvgIpc) is 2.52. The Morgan fingerprint density at radius 1 is 1.09 bits per heavy atom. The predicted octanol–water partition coefficient (Wildman–Crippen LogP) is 2.66. The molecule has 0 bridgehead atoms. The molecule has 2 aromatic carbocycles. The van der Waals surface area contributed by atoms with Crippen LogP contribution in [0.25, 0.3) is 0 Å². The maximum absolute atomic E-state index is 12.9. The van der Waals surface area contributed by atoms with Crippen LogP contribution in [0.1, 0.15) is 24.8 Å². The van der Waals surface area contributed by atoms with Crippen molar-refractivity contribution in [3.05, 3.63) is 66.0 Å². The van der Waals surface area contributed by atoms with Crippen LogP contribution in [-0.2, 0) is 10.0 Å². The first-order valence-electron chi connectivity index (χ1n) is 7.37. The monoisotopic (exact) mass is 337 g/mol. The summed E-state index contributed by atoms with van der Waals surface area (Å²) in [5.74, 6) is -0.633. The molecule has 0 saturated carbocycles. The first kappa shape index (κ1) is 17.6. The second kappa shape index (κ2) is 7.68. The smallest absolute Gasteiger partial charge is 0.240 e. The summed E-state index contributed by atoms with van der Waals surface area (Å²) in [4.78, 5) is 0.0164. The highest BCUT2D eigenvalue weighted by molar-refractivity contribution is 7.89. The summed E-state index contributed by atoms with van der Waals surface area (Å²) in [6.45, 7) is 1.83. The summed E-state index contributed by atoms with van der Waals surface area (Å²) in [6.07, 6.45) is -0.105. The molecule has 0 heterocycles. The van der Waals surface area contributed by atoms with Gasteiger partial charge in [-0.3, -0.25) is 0 Å². The fourth-order valence-electron chi connectivity index (χ4n) is 2.38. The minimum Gasteiger partial charge on any atom is -0.393 e. The molecule has 0 amide bonds. The first-order chi connectivity index (χ1) is 10.9. The number of rotatable bonds is 7. The fourth-order valence-corrected chi connectivity index (χ4v) is 3.46. The molecule has 23 heavy (non-hydrogen) atoms. The highest BCUT2D eigenvalue weighted by atomic mass is 32.2. The molecule has 6 heteroatoms. The molecule has 2 N–H and O–H groups in total. The van der Waals surface area contributed by atoms with Gasteiger partial charge in [-0.15, -0.1) is 0 Å². The molecule has 0 fully saturated rings. The third-order valence-electron chi connectivity index (χ3n) is 3.54. The molecule has 0 spiro atoms. The van der Waals surface area contributed by atoms with E-state index < -0.39 is 21.9 Å². The van der Waals surface area contributed by atoms with Crippen molar-refractivity contribution in [2.45, 2.75) is 30.3 Å². The molecule has 0 aliphatic rings. The minimum atomic E-state index is -3.71. The highest BCUT2D eigenvalue weighted by Gasteiger charge is 2.19. The van der Waals surface area contributed by atoms with Gasteiger partial charge in [-0.2, -0.15) is 0 Å². The number of hydrogen-bond acceptors (Lipinski definition) is 3. The molecule has 0 aliphatic carbocycles. The third kappa shape index (κ3) is 5.13.